The molecule has 36 heavy (non-hydrogen) atoms. The van der Waals surface area contributed by atoms with Gasteiger partial charge in [-0.15, -0.1) is 0 Å². The quantitative estimate of drug-likeness (QED) is 0.328. The predicted molar refractivity (Wildman–Crippen MR) is 140 cm³/mol. The highest BCUT2D eigenvalue weighted by Crippen LogP contribution is 2.35. The number of nitrogens with zero attached hydrogens (tertiary/aromatic N) is 3. The van der Waals surface area contributed by atoms with Gasteiger partial charge in [-0.05, 0) is 60.0 Å². The highest BCUT2D eigenvalue weighted by atomic mass is 35.5. The first-order valence-corrected chi connectivity index (χ1v) is 11.5. The van der Waals surface area contributed by atoms with Crippen molar-refractivity contribution in [2.45, 2.75) is 6.61 Å². The molecule has 5 rings (SSSR count). The van der Waals surface area contributed by atoms with Crippen LogP contribution in [0.25, 0.3) is 22.8 Å². The molecule has 0 bridgehead atoms. The molecular weight excluding hydrogens is 472 g/mol. The molecule has 0 saturated heterocycles. The Hall–Kier alpha value is -4.73. The molecule has 0 unspecified atom stereocenters. The normalized spacial score (nSPS) is 10.4. The Balaban J connectivity index is 1.44. The van der Waals surface area contributed by atoms with Crippen molar-refractivity contribution in [3.8, 4) is 40.4 Å². The van der Waals surface area contributed by atoms with Gasteiger partial charge in [0.05, 0.1) is 10.6 Å². The molecule has 0 spiro atoms. The molecule has 0 radical (unpaired) electrons. The summed E-state index contributed by atoms with van der Waals surface area (Å²) in [6.45, 7) is 0.345. The fraction of sp³-hybridized carbons (Fsp3) is 0.0345. The minimum absolute atomic E-state index is 0.270. The molecule has 0 fully saturated rings. The second-order valence-electron chi connectivity index (χ2n) is 7.76. The number of aromatic nitrogens is 4. The number of H-pyrrole nitrogens is 1. The van der Waals surface area contributed by atoms with Crippen LogP contribution in [0.3, 0.4) is 0 Å². The van der Waals surface area contributed by atoms with Gasteiger partial charge in [0.1, 0.15) is 23.9 Å². The highest BCUT2D eigenvalue weighted by molar-refractivity contribution is 6.33. The van der Waals surface area contributed by atoms with Crippen LogP contribution >= 0.6 is 11.6 Å². The van der Waals surface area contributed by atoms with Crippen LogP contribution in [0, 0.1) is 11.8 Å². The van der Waals surface area contributed by atoms with Crippen LogP contribution in [-0.4, -0.2) is 19.9 Å². The molecule has 6 nitrogen and oxygen atoms in total. The number of hydrogen-bond donors (Lipinski definition) is 1. The molecule has 0 atom stereocenters. The molecule has 0 aliphatic heterocycles. The van der Waals surface area contributed by atoms with Gasteiger partial charge in [-0.25, -0.2) is 14.8 Å². The zero-order chi connectivity index (χ0) is 24.7. The van der Waals surface area contributed by atoms with Crippen LogP contribution in [-0.2, 0) is 6.61 Å². The summed E-state index contributed by atoms with van der Waals surface area (Å²) in [5.41, 5.74) is 3.12. The summed E-state index contributed by atoms with van der Waals surface area (Å²) in [7, 11) is 0. The van der Waals surface area contributed by atoms with Crippen LogP contribution in [0.2, 0.25) is 5.02 Å². The molecule has 0 aliphatic rings. The minimum Gasteiger partial charge on any atom is -0.488 e. The van der Waals surface area contributed by atoms with Gasteiger partial charge in [0, 0.05) is 17.3 Å². The van der Waals surface area contributed by atoms with Crippen molar-refractivity contribution in [3.63, 3.8) is 0 Å². The van der Waals surface area contributed by atoms with Gasteiger partial charge in [0.25, 0.3) is 0 Å². The van der Waals surface area contributed by atoms with Crippen molar-refractivity contribution in [2.75, 3.05) is 0 Å². The van der Waals surface area contributed by atoms with E-state index in [0.717, 1.165) is 11.1 Å². The Morgan fingerprint density at radius 2 is 1.64 bits per heavy atom. The van der Waals surface area contributed by atoms with Crippen molar-refractivity contribution in [3.05, 3.63) is 130 Å². The fourth-order valence-electron chi connectivity index (χ4n) is 3.50. The standard InChI is InChI=1S/C29H19ClN4O2/c30-24-10-6-11-25(36-19-21-7-2-1-3-8-21)26(24)28-32-27(33-29(35)34-28)22-15-12-20(13-16-22)14-17-23-9-4-5-18-31-23/h1-13,15-16,18H,19H2,(H,32,33,34,35). The summed E-state index contributed by atoms with van der Waals surface area (Å²) < 4.78 is 6.04. The Morgan fingerprint density at radius 3 is 2.42 bits per heavy atom. The fourth-order valence-corrected chi connectivity index (χ4v) is 3.75. The number of pyridine rings is 1. The van der Waals surface area contributed by atoms with E-state index in [0.29, 0.717) is 34.2 Å². The zero-order valence-electron chi connectivity index (χ0n) is 19.0. The summed E-state index contributed by atoms with van der Waals surface area (Å²) >= 11 is 6.52. The summed E-state index contributed by atoms with van der Waals surface area (Å²) in [4.78, 5) is 28.0. The maximum absolute atomic E-state index is 12.5. The highest BCUT2D eigenvalue weighted by Gasteiger charge is 2.16. The van der Waals surface area contributed by atoms with Gasteiger partial charge >= 0.3 is 5.69 Å². The van der Waals surface area contributed by atoms with E-state index in [1.807, 2.05) is 72.8 Å². The molecule has 5 aromatic rings. The molecular formula is C29H19ClN4O2. The number of rotatable bonds is 5. The Labute approximate surface area is 212 Å². The lowest BCUT2D eigenvalue weighted by molar-refractivity contribution is 0.307. The lowest BCUT2D eigenvalue weighted by atomic mass is 10.1. The van der Waals surface area contributed by atoms with E-state index in [1.165, 1.54) is 0 Å². The third-order valence-corrected chi connectivity index (χ3v) is 5.56. The van der Waals surface area contributed by atoms with Crippen LogP contribution in [0.5, 0.6) is 5.75 Å². The average Bonchev–Trinajstić information content (AvgIpc) is 2.92. The Bertz CT molecular complexity index is 1610. The SMILES string of the molecule is O=c1nc(-c2ccc(C#Cc3ccccn3)cc2)nc(-c2c(Cl)cccc2OCc2ccccc2)[nH]1. The van der Waals surface area contributed by atoms with Gasteiger partial charge in [0.15, 0.2) is 5.82 Å². The smallest absolute Gasteiger partial charge is 0.348 e. The lowest BCUT2D eigenvalue weighted by Crippen LogP contribution is -2.15. The topological polar surface area (TPSA) is 80.8 Å². The van der Waals surface area contributed by atoms with Crippen LogP contribution in [0.15, 0.2) is 102 Å². The van der Waals surface area contributed by atoms with E-state index in [9.17, 15) is 4.79 Å². The second kappa shape index (κ2) is 10.7. The summed E-state index contributed by atoms with van der Waals surface area (Å²) in [6, 6.07) is 28.0. The van der Waals surface area contributed by atoms with Crippen LogP contribution in [0.4, 0.5) is 0 Å². The third kappa shape index (κ3) is 5.49. The molecule has 3 aromatic carbocycles. The molecule has 174 valence electrons. The zero-order valence-corrected chi connectivity index (χ0v) is 19.7. The first-order chi connectivity index (χ1) is 17.7. The molecule has 0 aliphatic carbocycles. The van der Waals surface area contributed by atoms with E-state index < -0.39 is 5.69 Å². The van der Waals surface area contributed by atoms with Gasteiger partial charge in [-0.3, -0.25) is 4.98 Å². The van der Waals surface area contributed by atoms with Crippen molar-refractivity contribution in [2.24, 2.45) is 0 Å². The van der Waals surface area contributed by atoms with Crippen molar-refractivity contribution in [1.82, 2.24) is 19.9 Å². The van der Waals surface area contributed by atoms with Gasteiger partial charge in [-0.1, -0.05) is 60.0 Å². The second-order valence-corrected chi connectivity index (χ2v) is 8.16. The van der Waals surface area contributed by atoms with E-state index in [4.69, 9.17) is 16.3 Å². The first kappa shape index (κ1) is 23.0. The Kier molecular flexibility index (Phi) is 6.83. The number of aromatic amines is 1. The molecule has 0 saturated carbocycles. The van der Waals surface area contributed by atoms with Crippen molar-refractivity contribution in [1.29, 1.82) is 0 Å². The summed E-state index contributed by atoms with van der Waals surface area (Å²) in [5, 5.41) is 0.404. The van der Waals surface area contributed by atoms with Crippen molar-refractivity contribution < 1.29 is 4.74 Å². The maximum atomic E-state index is 12.5. The van der Waals surface area contributed by atoms with Gasteiger partial charge < -0.3 is 4.74 Å². The van der Waals surface area contributed by atoms with E-state index in [-0.39, 0.29) is 11.6 Å². The van der Waals surface area contributed by atoms with Crippen LogP contribution in [0.1, 0.15) is 16.8 Å². The Morgan fingerprint density at radius 1 is 0.833 bits per heavy atom. The number of ether oxygens (including phenoxy) is 1. The maximum Gasteiger partial charge on any atom is 0.348 e. The minimum atomic E-state index is -0.539. The van der Waals surface area contributed by atoms with E-state index in [2.05, 4.69) is 31.8 Å². The number of benzene rings is 3. The largest absolute Gasteiger partial charge is 0.488 e. The summed E-state index contributed by atoms with van der Waals surface area (Å²) in [6.07, 6.45) is 1.70. The first-order valence-electron chi connectivity index (χ1n) is 11.1. The third-order valence-electron chi connectivity index (χ3n) is 5.24. The average molecular weight is 491 g/mol. The van der Waals surface area contributed by atoms with Gasteiger partial charge in [-0.2, -0.15) is 4.98 Å². The summed E-state index contributed by atoms with van der Waals surface area (Å²) in [5.74, 6) is 7.15. The number of hydrogen-bond acceptors (Lipinski definition) is 5. The molecule has 2 aromatic heterocycles. The van der Waals surface area contributed by atoms with Crippen LogP contribution < -0.4 is 10.4 Å². The molecule has 1 N–H and O–H groups in total. The predicted octanol–water partition coefficient (Wildman–Crippen LogP) is 5.53. The van der Waals surface area contributed by atoms with E-state index >= 15 is 0 Å². The number of halogens is 1. The lowest BCUT2D eigenvalue weighted by Gasteiger charge is -2.13. The van der Waals surface area contributed by atoms with E-state index in [1.54, 1.807) is 24.4 Å². The van der Waals surface area contributed by atoms with Crippen molar-refractivity contribution >= 4 is 11.6 Å². The monoisotopic (exact) mass is 490 g/mol. The molecule has 0 amide bonds. The molecule has 2 heterocycles. The molecule has 7 heteroatoms. The number of nitrogens with one attached hydrogen (secondary N) is 1. The van der Waals surface area contributed by atoms with Gasteiger partial charge in [0.2, 0.25) is 0 Å².